The second kappa shape index (κ2) is 9.25. The molecule has 0 spiro atoms. The van der Waals surface area contributed by atoms with Crippen LogP contribution in [0.2, 0.25) is 0 Å². The van der Waals surface area contributed by atoms with E-state index in [1.54, 1.807) is 0 Å². The Labute approximate surface area is 124 Å². The summed E-state index contributed by atoms with van der Waals surface area (Å²) in [4.78, 5) is 2.61. The Morgan fingerprint density at radius 3 is 2.37 bits per heavy atom. The van der Waals surface area contributed by atoms with Gasteiger partial charge in [0.2, 0.25) is 0 Å². The highest BCUT2D eigenvalue weighted by molar-refractivity contribution is 7.99. The van der Waals surface area contributed by atoms with Gasteiger partial charge in [-0.1, -0.05) is 33.6 Å². The molecule has 1 N–H and O–H groups in total. The number of hydrogen-bond acceptors (Lipinski definition) is 3. The van der Waals surface area contributed by atoms with Crippen molar-refractivity contribution in [3.05, 3.63) is 0 Å². The summed E-state index contributed by atoms with van der Waals surface area (Å²) in [5.74, 6) is 3.34. The van der Waals surface area contributed by atoms with Crippen LogP contribution in [0.5, 0.6) is 0 Å². The molecule has 114 valence electrons. The molecule has 0 aliphatic carbocycles. The standard InChI is InChI=1S/C16H33NOS/c1-16(2,3)14-15(7-11-18)6-4-5-8-17-9-12-19-13-10-17/h15,18H,4-14H2,1-3H3/t15-/m0/s1. The van der Waals surface area contributed by atoms with Crippen LogP contribution in [0.3, 0.4) is 0 Å². The molecule has 2 nitrogen and oxygen atoms in total. The van der Waals surface area contributed by atoms with Gasteiger partial charge >= 0.3 is 0 Å². The summed E-state index contributed by atoms with van der Waals surface area (Å²) in [7, 11) is 0. The Kier molecular flexibility index (Phi) is 8.43. The summed E-state index contributed by atoms with van der Waals surface area (Å²) in [6.07, 6.45) is 6.17. The highest BCUT2D eigenvalue weighted by Crippen LogP contribution is 2.29. The summed E-state index contributed by atoms with van der Waals surface area (Å²) in [5.41, 5.74) is 0.393. The van der Waals surface area contributed by atoms with Crippen molar-refractivity contribution in [1.29, 1.82) is 0 Å². The summed E-state index contributed by atoms with van der Waals surface area (Å²) < 4.78 is 0. The van der Waals surface area contributed by atoms with Crippen LogP contribution in [-0.2, 0) is 0 Å². The van der Waals surface area contributed by atoms with E-state index in [9.17, 15) is 5.11 Å². The second-order valence-corrected chi connectivity index (χ2v) is 8.32. The average molecular weight is 288 g/mol. The van der Waals surface area contributed by atoms with Crippen LogP contribution < -0.4 is 0 Å². The van der Waals surface area contributed by atoms with E-state index in [1.807, 2.05) is 0 Å². The lowest BCUT2D eigenvalue weighted by molar-refractivity contribution is 0.204. The van der Waals surface area contributed by atoms with E-state index in [0.717, 1.165) is 6.42 Å². The van der Waals surface area contributed by atoms with Crippen LogP contribution in [0.15, 0.2) is 0 Å². The second-order valence-electron chi connectivity index (χ2n) is 7.09. The van der Waals surface area contributed by atoms with Gasteiger partial charge in [-0.3, -0.25) is 0 Å². The van der Waals surface area contributed by atoms with Gasteiger partial charge in [0, 0.05) is 31.2 Å². The predicted molar refractivity (Wildman–Crippen MR) is 86.9 cm³/mol. The lowest BCUT2D eigenvalue weighted by Crippen LogP contribution is -2.33. The third-order valence-corrected chi connectivity index (χ3v) is 4.82. The molecular formula is C16H33NOS. The fourth-order valence-electron chi connectivity index (χ4n) is 2.99. The summed E-state index contributed by atoms with van der Waals surface area (Å²) in [6, 6.07) is 0. The van der Waals surface area contributed by atoms with Gasteiger partial charge in [-0.15, -0.1) is 0 Å². The molecule has 0 aromatic carbocycles. The van der Waals surface area contributed by atoms with E-state index < -0.39 is 0 Å². The van der Waals surface area contributed by atoms with Gasteiger partial charge in [0.25, 0.3) is 0 Å². The molecule has 0 unspecified atom stereocenters. The van der Waals surface area contributed by atoms with Gasteiger partial charge in [-0.2, -0.15) is 11.8 Å². The molecule has 0 bridgehead atoms. The number of nitrogens with zero attached hydrogens (tertiary/aromatic N) is 1. The fraction of sp³-hybridized carbons (Fsp3) is 1.00. The molecule has 1 heterocycles. The van der Waals surface area contributed by atoms with Crippen molar-refractivity contribution in [3.8, 4) is 0 Å². The SMILES string of the molecule is CC(C)(C)C[C@H](CCO)CCCCN1CCSCC1. The van der Waals surface area contributed by atoms with Gasteiger partial charge < -0.3 is 10.0 Å². The first-order valence-electron chi connectivity index (χ1n) is 7.92. The zero-order valence-electron chi connectivity index (χ0n) is 13.2. The Balaban J connectivity index is 2.13. The largest absolute Gasteiger partial charge is 0.396 e. The molecule has 0 aromatic heterocycles. The number of hydrogen-bond donors (Lipinski definition) is 1. The molecule has 1 aliphatic rings. The molecule has 19 heavy (non-hydrogen) atoms. The van der Waals surface area contributed by atoms with Crippen LogP contribution in [0.25, 0.3) is 0 Å². The van der Waals surface area contributed by atoms with Gasteiger partial charge in [-0.25, -0.2) is 0 Å². The third kappa shape index (κ3) is 8.93. The predicted octanol–water partition coefficient (Wildman–Crippen LogP) is 3.64. The lowest BCUT2D eigenvalue weighted by atomic mass is 9.81. The molecule has 1 atom stereocenters. The molecule has 1 saturated heterocycles. The van der Waals surface area contributed by atoms with Crippen molar-refractivity contribution in [3.63, 3.8) is 0 Å². The van der Waals surface area contributed by atoms with Crippen molar-refractivity contribution in [2.75, 3.05) is 37.7 Å². The quantitative estimate of drug-likeness (QED) is 0.690. The number of aliphatic hydroxyl groups is 1. The van der Waals surface area contributed by atoms with Crippen molar-refractivity contribution in [2.24, 2.45) is 11.3 Å². The maximum absolute atomic E-state index is 9.18. The highest BCUT2D eigenvalue weighted by Gasteiger charge is 2.18. The topological polar surface area (TPSA) is 23.5 Å². The first kappa shape index (κ1) is 17.3. The highest BCUT2D eigenvalue weighted by atomic mass is 32.2. The van der Waals surface area contributed by atoms with E-state index in [-0.39, 0.29) is 0 Å². The van der Waals surface area contributed by atoms with Crippen LogP contribution in [0.4, 0.5) is 0 Å². The summed E-state index contributed by atoms with van der Waals surface area (Å²) >= 11 is 2.09. The summed E-state index contributed by atoms with van der Waals surface area (Å²) in [5, 5.41) is 9.18. The minimum atomic E-state index is 0.351. The molecule has 3 heteroatoms. The minimum absolute atomic E-state index is 0.351. The van der Waals surface area contributed by atoms with Crippen molar-refractivity contribution < 1.29 is 5.11 Å². The molecular weight excluding hydrogens is 254 g/mol. The van der Waals surface area contributed by atoms with Gasteiger partial charge in [-0.05, 0) is 37.1 Å². The smallest absolute Gasteiger partial charge is 0.0433 e. The maximum Gasteiger partial charge on any atom is 0.0433 e. The molecule has 0 aromatic rings. The van der Waals surface area contributed by atoms with E-state index in [0.29, 0.717) is 17.9 Å². The Morgan fingerprint density at radius 1 is 1.11 bits per heavy atom. The van der Waals surface area contributed by atoms with Crippen molar-refractivity contribution in [1.82, 2.24) is 4.90 Å². The molecule has 1 rings (SSSR count). The molecule has 0 radical (unpaired) electrons. The first-order valence-corrected chi connectivity index (χ1v) is 9.08. The summed E-state index contributed by atoms with van der Waals surface area (Å²) in [6.45, 7) is 11.1. The Hall–Kier alpha value is 0.270. The lowest BCUT2D eigenvalue weighted by Gasteiger charge is -2.27. The molecule has 0 saturated carbocycles. The van der Waals surface area contributed by atoms with Gasteiger partial charge in [0.05, 0.1) is 0 Å². The number of rotatable bonds is 8. The van der Waals surface area contributed by atoms with E-state index in [2.05, 4.69) is 37.4 Å². The maximum atomic E-state index is 9.18. The molecule has 1 fully saturated rings. The van der Waals surface area contributed by atoms with E-state index in [4.69, 9.17) is 0 Å². The Morgan fingerprint density at radius 2 is 1.79 bits per heavy atom. The van der Waals surface area contributed by atoms with E-state index in [1.165, 1.54) is 56.8 Å². The van der Waals surface area contributed by atoms with Crippen molar-refractivity contribution >= 4 is 11.8 Å². The third-order valence-electron chi connectivity index (χ3n) is 3.88. The first-order chi connectivity index (χ1) is 9.01. The zero-order chi connectivity index (χ0) is 14.1. The van der Waals surface area contributed by atoms with Crippen LogP contribution in [-0.4, -0.2) is 47.8 Å². The molecule has 1 aliphatic heterocycles. The monoisotopic (exact) mass is 287 g/mol. The Bertz CT molecular complexity index is 221. The number of unbranched alkanes of at least 4 members (excludes halogenated alkanes) is 1. The number of aliphatic hydroxyl groups excluding tert-OH is 1. The van der Waals surface area contributed by atoms with Gasteiger partial charge in [0.15, 0.2) is 0 Å². The van der Waals surface area contributed by atoms with Crippen molar-refractivity contribution in [2.45, 2.75) is 52.9 Å². The fourth-order valence-corrected chi connectivity index (χ4v) is 3.97. The van der Waals surface area contributed by atoms with Crippen LogP contribution in [0, 0.1) is 11.3 Å². The van der Waals surface area contributed by atoms with Crippen LogP contribution >= 0.6 is 11.8 Å². The average Bonchev–Trinajstić information content (AvgIpc) is 2.34. The van der Waals surface area contributed by atoms with E-state index >= 15 is 0 Å². The normalized spacial score (nSPS) is 19.6. The molecule has 0 amide bonds. The van der Waals surface area contributed by atoms with Gasteiger partial charge in [0.1, 0.15) is 0 Å². The zero-order valence-corrected chi connectivity index (χ0v) is 14.0. The number of thioether (sulfide) groups is 1. The minimum Gasteiger partial charge on any atom is -0.396 e. The van der Waals surface area contributed by atoms with Crippen LogP contribution in [0.1, 0.15) is 52.9 Å².